The van der Waals surface area contributed by atoms with Crippen molar-refractivity contribution in [2.75, 3.05) is 5.43 Å². The van der Waals surface area contributed by atoms with Gasteiger partial charge < -0.3 is 5.43 Å². The number of nitrogen functional groups attached to an aromatic ring is 1. The van der Waals surface area contributed by atoms with Crippen molar-refractivity contribution in [3.05, 3.63) is 29.0 Å². The van der Waals surface area contributed by atoms with E-state index >= 15 is 0 Å². The summed E-state index contributed by atoms with van der Waals surface area (Å²) in [6.45, 7) is 0. The molecular weight excluding hydrogens is 298 g/mol. The van der Waals surface area contributed by atoms with E-state index in [0.717, 1.165) is 5.56 Å². The molecule has 0 aliphatic carbocycles. The van der Waals surface area contributed by atoms with Gasteiger partial charge in [-0.05, 0) is 0 Å². The zero-order chi connectivity index (χ0) is 14.1. The smallest absolute Gasteiger partial charge is 0.191 e. The van der Waals surface area contributed by atoms with Crippen LogP contribution in [0.15, 0.2) is 24.7 Å². The fourth-order valence-electron chi connectivity index (χ4n) is 1.68. The third-order valence-corrected chi connectivity index (χ3v) is 3.65. The predicted molar refractivity (Wildman–Crippen MR) is 78.2 cm³/mol. The Morgan fingerprint density at radius 3 is 2.80 bits per heavy atom. The normalized spacial score (nSPS) is 10.8. The number of thiazole rings is 1. The minimum Gasteiger partial charge on any atom is -0.308 e. The molecular formula is C11H10ClN7S. The molecule has 9 heteroatoms. The van der Waals surface area contributed by atoms with Crippen LogP contribution < -0.4 is 11.3 Å². The molecule has 0 aliphatic rings. The summed E-state index contributed by atoms with van der Waals surface area (Å²) in [4.78, 5) is 12.9. The average Bonchev–Trinajstić information content (AvgIpc) is 3.07. The van der Waals surface area contributed by atoms with E-state index in [4.69, 9.17) is 17.4 Å². The number of nitrogens with one attached hydrogen (secondary N) is 1. The Morgan fingerprint density at radius 1 is 1.35 bits per heavy atom. The molecule has 0 aliphatic heterocycles. The van der Waals surface area contributed by atoms with Gasteiger partial charge in [0.25, 0.3) is 0 Å². The SMILES string of the molecule is Cn1cc(-c2cc(NN)nc(-c3ncc(Cl)s3)n2)cn1. The Morgan fingerprint density at radius 2 is 2.20 bits per heavy atom. The third kappa shape index (κ3) is 2.48. The highest BCUT2D eigenvalue weighted by Gasteiger charge is 2.12. The topological polar surface area (TPSA) is 94.5 Å². The molecule has 3 aromatic heterocycles. The van der Waals surface area contributed by atoms with E-state index in [9.17, 15) is 0 Å². The molecule has 0 saturated carbocycles. The van der Waals surface area contributed by atoms with Crippen molar-refractivity contribution >= 4 is 28.8 Å². The Hall–Kier alpha value is -2.03. The molecule has 0 aromatic carbocycles. The van der Waals surface area contributed by atoms with Crippen LogP contribution in [0.2, 0.25) is 4.34 Å². The van der Waals surface area contributed by atoms with E-state index in [1.54, 1.807) is 23.1 Å². The van der Waals surface area contributed by atoms with Gasteiger partial charge in [-0.3, -0.25) is 4.68 Å². The molecule has 3 N–H and O–H groups in total. The summed E-state index contributed by atoms with van der Waals surface area (Å²) in [5.41, 5.74) is 4.11. The van der Waals surface area contributed by atoms with Gasteiger partial charge in [0, 0.05) is 24.9 Å². The quantitative estimate of drug-likeness (QED) is 0.567. The maximum Gasteiger partial charge on any atom is 0.191 e. The molecule has 0 radical (unpaired) electrons. The molecule has 0 fully saturated rings. The lowest BCUT2D eigenvalue weighted by atomic mass is 10.2. The lowest BCUT2D eigenvalue weighted by Crippen LogP contribution is -2.09. The van der Waals surface area contributed by atoms with E-state index in [2.05, 4.69) is 25.5 Å². The van der Waals surface area contributed by atoms with Gasteiger partial charge in [-0.15, -0.1) is 0 Å². The molecule has 0 unspecified atom stereocenters. The van der Waals surface area contributed by atoms with E-state index in [1.165, 1.54) is 11.3 Å². The summed E-state index contributed by atoms with van der Waals surface area (Å²) in [6, 6.07) is 1.75. The minimum atomic E-state index is 0.469. The third-order valence-electron chi connectivity index (χ3n) is 2.54. The largest absolute Gasteiger partial charge is 0.308 e. The number of hydrazine groups is 1. The Labute approximate surface area is 123 Å². The number of aryl methyl sites for hydroxylation is 1. The van der Waals surface area contributed by atoms with Crippen LogP contribution in [-0.2, 0) is 7.05 Å². The van der Waals surface area contributed by atoms with Crippen LogP contribution in [0.1, 0.15) is 0 Å². The van der Waals surface area contributed by atoms with Crippen molar-refractivity contribution in [2.24, 2.45) is 12.9 Å². The molecule has 0 amide bonds. The molecule has 20 heavy (non-hydrogen) atoms. The highest BCUT2D eigenvalue weighted by molar-refractivity contribution is 7.18. The lowest BCUT2D eigenvalue weighted by Gasteiger charge is -2.04. The van der Waals surface area contributed by atoms with Crippen molar-refractivity contribution in [1.29, 1.82) is 0 Å². The highest BCUT2D eigenvalue weighted by Crippen LogP contribution is 2.28. The number of hydrogen-bond donors (Lipinski definition) is 2. The van der Waals surface area contributed by atoms with Crippen LogP contribution in [0.3, 0.4) is 0 Å². The van der Waals surface area contributed by atoms with Crippen molar-refractivity contribution in [3.8, 4) is 22.1 Å². The zero-order valence-corrected chi connectivity index (χ0v) is 12.0. The van der Waals surface area contributed by atoms with Crippen LogP contribution in [-0.4, -0.2) is 24.7 Å². The van der Waals surface area contributed by atoms with Crippen LogP contribution in [0.4, 0.5) is 5.82 Å². The molecule has 0 atom stereocenters. The maximum atomic E-state index is 5.89. The Bertz CT molecular complexity index is 692. The molecule has 0 bridgehead atoms. The summed E-state index contributed by atoms with van der Waals surface area (Å²) >= 11 is 7.20. The lowest BCUT2D eigenvalue weighted by molar-refractivity contribution is 0.768. The molecule has 3 heterocycles. The number of rotatable bonds is 3. The standard InChI is InChI=1S/C11H10ClN7S/c1-19-5-6(3-15-19)7-2-9(18-13)17-10(16-7)11-14-4-8(12)20-11/h2-5H,13H2,1H3,(H,16,17,18). The first-order valence-corrected chi connectivity index (χ1v) is 6.81. The highest BCUT2D eigenvalue weighted by atomic mass is 35.5. The van der Waals surface area contributed by atoms with Crippen LogP contribution >= 0.6 is 22.9 Å². The van der Waals surface area contributed by atoms with E-state index in [-0.39, 0.29) is 0 Å². The summed E-state index contributed by atoms with van der Waals surface area (Å²) in [6.07, 6.45) is 5.15. The van der Waals surface area contributed by atoms with Crippen LogP contribution in [0, 0.1) is 0 Å². The van der Waals surface area contributed by atoms with Crippen molar-refractivity contribution < 1.29 is 0 Å². The summed E-state index contributed by atoms with van der Waals surface area (Å²) < 4.78 is 2.28. The van der Waals surface area contributed by atoms with Gasteiger partial charge in [0.05, 0.1) is 18.1 Å². The number of nitrogens with two attached hydrogens (primary N) is 1. The summed E-state index contributed by atoms with van der Waals surface area (Å²) in [7, 11) is 1.84. The molecule has 102 valence electrons. The van der Waals surface area contributed by atoms with Gasteiger partial charge in [0.2, 0.25) is 0 Å². The number of hydrogen-bond acceptors (Lipinski definition) is 7. The molecule has 0 saturated heterocycles. The Kier molecular flexibility index (Phi) is 3.35. The molecule has 3 rings (SSSR count). The number of halogens is 1. The van der Waals surface area contributed by atoms with Crippen molar-refractivity contribution in [2.45, 2.75) is 0 Å². The predicted octanol–water partition coefficient (Wildman–Crippen LogP) is 1.94. The number of anilines is 1. The summed E-state index contributed by atoms with van der Waals surface area (Å²) in [5.74, 6) is 6.42. The minimum absolute atomic E-state index is 0.469. The first-order valence-electron chi connectivity index (χ1n) is 5.62. The van der Waals surface area contributed by atoms with E-state index < -0.39 is 0 Å². The number of aromatic nitrogens is 5. The van der Waals surface area contributed by atoms with Gasteiger partial charge in [-0.2, -0.15) is 5.10 Å². The first-order chi connectivity index (χ1) is 9.65. The maximum absolute atomic E-state index is 5.89. The van der Waals surface area contributed by atoms with Gasteiger partial charge in [-0.1, -0.05) is 22.9 Å². The van der Waals surface area contributed by atoms with Gasteiger partial charge in [0.1, 0.15) is 10.2 Å². The Balaban J connectivity index is 2.12. The van der Waals surface area contributed by atoms with E-state index in [0.29, 0.717) is 26.7 Å². The second-order valence-corrected chi connectivity index (χ2v) is 5.64. The van der Waals surface area contributed by atoms with E-state index in [1.807, 2.05) is 13.2 Å². The number of nitrogens with zero attached hydrogens (tertiary/aromatic N) is 5. The molecule has 7 nitrogen and oxygen atoms in total. The average molecular weight is 308 g/mol. The molecule has 0 spiro atoms. The zero-order valence-electron chi connectivity index (χ0n) is 10.4. The van der Waals surface area contributed by atoms with Crippen LogP contribution in [0.5, 0.6) is 0 Å². The van der Waals surface area contributed by atoms with Crippen LogP contribution in [0.25, 0.3) is 22.1 Å². The van der Waals surface area contributed by atoms with Gasteiger partial charge in [-0.25, -0.2) is 20.8 Å². The monoisotopic (exact) mass is 307 g/mol. The summed E-state index contributed by atoms with van der Waals surface area (Å²) in [5, 5.41) is 4.76. The van der Waals surface area contributed by atoms with Gasteiger partial charge in [0.15, 0.2) is 10.8 Å². The van der Waals surface area contributed by atoms with Gasteiger partial charge >= 0.3 is 0 Å². The first kappa shape index (κ1) is 13.0. The second-order valence-electron chi connectivity index (χ2n) is 3.98. The fourth-order valence-corrected chi connectivity index (χ4v) is 2.52. The van der Waals surface area contributed by atoms with Crippen molar-refractivity contribution in [1.82, 2.24) is 24.7 Å². The van der Waals surface area contributed by atoms with Crippen molar-refractivity contribution in [3.63, 3.8) is 0 Å². The fraction of sp³-hybridized carbons (Fsp3) is 0.0909. The molecule has 3 aromatic rings. The second kappa shape index (κ2) is 5.16.